The molecule has 0 radical (unpaired) electrons. The highest BCUT2D eigenvalue weighted by molar-refractivity contribution is 8.02. The van der Waals surface area contributed by atoms with Gasteiger partial charge in [0.15, 0.2) is 9.84 Å². The molecular weight excluding hydrogens is 340 g/mol. The van der Waals surface area contributed by atoms with Crippen LogP contribution in [0.4, 0.5) is 0 Å². The van der Waals surface area contributed by atoms with Gasteiger partial charge in [-0.15, -0.1) is 0 Å². The van der Waals surface area contributed by atoms with Gasteiger partial charge in [0.1, 0.15) is 12.1 Å². The lowest BCUT2D eigenvalue weighted by Crippen LogP contribution is -2.33. The third kappa shape index (κ3) is 10.8. The van der Waals surface area contributed by atoms with Crippen molar-refractivity contribution in [3.05, 3.63) is 0 Å². The lowest BCUT2D eigenvalue weighted by atomic mass is 10.4. The van der Waals surface area contributed by atoms with Crippen molar-refractivity contribution in [1.82, 2.24) is 0 Å². The van der Waals surface area contributed by atoms with Gasteiger partial charge in [0.05, 0.1) is 11.5 Å². The summed E-state index contributed by atoms with van der Waals surface area (Å²) >= 11 is 2.35. The standard InChI is InChI=1S/C10H20N2O6S3/c11-7(9(13)14)5-19-1-3-21(17,18)4-2-20-6-8(12)10(15)16/h7-8H,1-6,11-12H2,(H,13,14)(H,15,16). The summed E-state index contributed by atoms with van der Waals surface area (Å²) < 4.78 is 23.3. The van der Waals surface area contributed by atoms with Gasteiger partial charge in [-0.3, -0.25) is 9.59 Å². The smallest absolute Gasteiger partial charge is 0.321 e. The van der Waals surface area contributed by atoms with Crippen molar-refractivity contribution in [1.29, 1.82) is 0 Å². The normalized spacial score (nSPS) is 14.6. The van der Waals surface area contributed by atoms with E-state index in [9.17, 15) is 18.0 Å². The first-order chi connectivity index (χ1) is 9.65. The summed E-state index contributed by atoms with van der Waals surface area (Å²) in [5.74, 6) is -1.47. The molecule has 0 spiro atoms. The Hall–Kier alpha value is -0.490. The average molecular weight is 360 g/mol. The van der Waals surface area contributed by atoms with Crippen LogP contribution in [-0.2, 0) is 19.4 Å². The monoisotopic (exact) mass is 360 g/mol. The number of thioether (sulfide) groups is 2. The maximum Gasteiger partial charge on any atom is 0.321 e. The van der Waals surface area contributed by atoms with E-state index >= 15 is 0 Å². The van der Waals surface area contributed by atoms with E-state index in [-0.39, 0.29) is 34.5 Å². The van der Waals surface area contributed by atoms with Crippen molar-refractivity contribution in [2.75, 3.05) is 34.5 Å². The first kappa shape index (κ1) is 20.5. The number of carboxylic acids is 2. The van der Waals surface area contributed by atoms with Crippen LogP contribution in [0.3, 0.4) is 0 Å². The Kier molecular flexibility index (Phi) is 10.0. The molecule has 0 aliphatic heterocycles. The summed E-state index contributed by atoms with van der Waals surface area (Å²) in [6, 6.07) is -1.99. The lowest BCUT2D eigenvalue weighted by Gasteiger charge is -2.08. The number of carboxylic acid groups (broad SMARTS) is 2. The lowest BCUT2D eigenvalue weighted by molar-refractivity contribution is -0.138. The van der Waals surface area contributed by atoms with Crippen LogP contribution in [0.2, 0.25) is 0 Å². The van der Waals surface area contributed by atoms with Crippen LogP contribution in [-0.4, -0.2) is 77.2 Å². The fourth-order valence-electron chi connectivity index (χ4n) is 1.04. The fourth-order valence-corrected chi connectivity index (χ4v) is 5.34. The van der Waals surface area contributed by atoms with Crippen LogP contribution >= 0.6 is 23.5 Å². The minimum Gasteiger partial charge on any atom is -0.480 e. The maximum atomic E-state index is 11.7. The number of aliphatic carboxylic acids is 2. The largest absolute Gasteiger partial charge is 0.480 e. The zero-order valence-electron chi connectivity index (χ0n) is 11.3. The molecule has 0 fully saturated rings. The predicted molar refractivity (Wildman–Crippen MR) is 84.5 cm³/mol. The van der Waals surface area contributed by atoms with Gasteiger partial charge in [-0.05, 0) is 0 Å². The highest BCUT2D eigenvalue weighted by Crippen LogP contribution is 2.07. The number of hydrogen-bond donors (Lipinski definition) is 4. The Morgan fingerprint density at radius 1 is 0.905 bits per heavy atom. The molecule has 2 atom stereocenters. The number of sulfone groups is 1. The van der Waals surface area contributed by atoms with Gasteiger partial charge in [0.2, 0.25) is 0 Å². The van der Waals surface area contributed by atoms with E-state index in [0.717, 1.165) is 0 Å². The van der Waals surface area contributed by atoms with Crippen LogP contribution in [0.1, 0.15) is 0 Å². The number of hydrogen-bond acceptors (Lipinski definition) is 8. The van der Waals surface area contributed by atoms with Crippen molar-refractivity contribution in [2.45, 2.75) is 12.1 Å². The summed E-state index contributed by atoms with van der Waals surface area (Å²) in [6.07, 6.45) is 0. The molecule has 0 aromatic carbocycles. The summed E-state index contributed by atoms with van der Waals surface area (Å²) in [4.78, 5) is 20.9. The van der Waals surface area contributed by atoms with E-state index in [1.807, 2.05) is 0 Å². The molecule has 8 nitrogen and oxygen atoms in total. The Morgan fingerprint density at radius 2 is 1.24 bits per heavy atom. The van der Waals surface area contributed by atoms with Gasteiger partial charge in [0, 0.05) is 23.0 Å². The quantitative estimate of drug-likeness (QED) is 0.307. The molecular formula is C10H20N2O6S3. The molecule has 2 unspecified atom stereocenters. The van der Waals surface area contributed by atoms with E-state index in [4.69, 9.17) is 21.7 Å². The second-order valence-electron chi connectivity index (χ2n) is 4.19. The Morgan fingerprint density at radius 3 is 1.52 bits per heavy atom. The minimum absolute atomic E-state index is 0.0600. The zero-order chi connectivity index (χ0) is 16.5. The second-order valence-corrected chi connectivity index (χ2v) is 8.79. The second kappa shape index (κ2) is 10.3. The van der Waals surface area contributed by atoms with Crippen LogP contribution in [0.25, 0.3) is 0 Å². The molecule has 21 heavy (non-hydrogen) atoms. The molecule has 0 aromatic rings. The van der Waals surface area contributed by atoms with Crippen LogP contribution < -0.4 is 11.5 Å². The third-order valence-electron chi connectivity index (χ3n) is 2.31. The number of rotatable bonds is 12. The molecule has 0 aliphatic rings. The molecule has 0 rings (SSSR count). The Balaban J connectivity index is 3.79. The topological polar surface area (TPSA) is 161 Å². The van der Waals surface area contributed by atoms with Crippen molar-refractivity contribution >= 4 is 45.3 Å². The number of carbonyl (C=O) groups is 2. The summed E-state index contributed by atoms with van der Waals surface area (Å²) in [5.41, 5.74) is 10.6. The highest BCUT2D eigenvalue weighted by Gasteiger charge is 2.15. The SMILES string of the molecule is NC(CSCCS(=O)(=O)CCSCC(N)C(=O)O)C(=O)O. The van der Waals surface area contributed by atoms with Crippen LogP contribution in [0, 0.1) is 0 Å². The van der Waals surface area contributed by atoms with Crippen LogP contribution in [0.5, 0.6) is 0 Å². The van der Waals surface area contributed by atoms with Gasteiger partial charge >= 0.3 is 11.9 Å². The molecule has 0 bridgehead atoms. The van der Waals surface area contributed by atoms with Crippen molar-refractivity contribution < 1.29 is 28.2 Å². The fraction of sp³-hybridized carbons (Fsp3) is 0.800. The molecule has 6 N–H and O–H groups in total. The minimum atomic E-state index is -3.24. The molecule has 0 saturated carbocycles. The van der Waals surface area contributed by atoms with Crippen molar-refractivity contribution in [3.8, 4) is 0 Å². The summed E-state index contributed by atoms with van der Waals surface area (Å²) in [7, 11) is -3.24. The molecule has 124 valence electrons. The van der Waals surface area contributed by atoms with Gasteiger partial charge in [0.25, 0.3) is 0 Å². The third-order valence-corrected chi connectivity index (χ3v) is 6.65. The molecule has 0 amide bonds. The van der Waals surface area contributed by atoms with E-state index in [1.165, 1.54) is 23.5 Å². The maximum absolute atomic E-state index is 11.7. The zero-order valence-corrected chi connectivity index (χ0v) is 13.8. The van der Waals surface area contributed by atoms with Gasteiger partial charge < -0.3 is 21.7 Å². The van der Waals surface area contributed by atoms with Crippen molar-refractivity contribution in [3.63, 3.8) is 0 Å². The number of nitrogens with two attached hydrogens (primary N) is 2. The van der Waals surface area contributed by atoms with Gasteiger partial charge in [-0.25, -0.2) is 8.42 Å². The first-order valence-electron chi connectivity index (χ1n) is 5.98. The van der Waals surface area contributed by atoms with Gasteiger partial charge in [-0.2, -0.15) is 23.5 Å². The predicted octanol–water partition coefficient (Wildman–Crippen LogP) is -1.31. The van der Waals surface area contributed by atoms with E-state index in [0.29, 0.717) is 0 Å². The van der Waals surface area contributed by atoms with E-state index < -0.39 is 33.9 Å². The van der Waals surface area contributed by atoms with Crippen molar-refractivity contribution in [2.24, 2.45) is 11.5 Å². The average Bonchev–Trinajstić information content (AvgIpc) is 2.38. The van der Waals surface area contributed by atoms with E-state index in [2.05, 4.69) is 0 Å². The van der Waals surface area contributed by atoms with Gasteiger partial charge in [-0.1, -0.05) is 0 Å². The first-order valence-corrected chi connectivity index (χ1v) is 10.1. The highest BCUT2D eigenvalue weighted by atomic mass is 32.2. The Labute approximate surface area is 131 Å². The summed E-state index contributed by atoms with van der Waals surface area (Å²) in [6.45, 7) is 0. The molecule has 0 aliphatic carbocycles. The molecule has 0 saturated heterocycles. The molecule has 0 aromatic heterocycles. The van der Waals surface area contributed by atoms with Crippen LogP contribution in [0.15, 0.2) is 0 Å². The Bertz CT molecular complexity index is 408. The summed E-state index contributed by atoms with van der Waals surface area (Å²) in [5, 5.41) is 17.1. The van der Waals surface area contributed by atoms with E-state index in [1.54, 1.807) is 0 Å². The molecule has 0 heterocycles. The molecule has 11 heteroatoms.